The van der Waals surface area contributed by atoms with Crippen molar-refractivity contribution in [2.75, 3.05) is 17.7 Å². The second kappa shape index (κ2) is 8.75. The zero-order valence-corrected chi connectivity index (χ0v) is 17.3. The topological polar surface area (TPSA) is 80.6 Å². The third-order valence-corrected chi connectivity index (χ3v) is 4.99. The lowest BCUT2D eigenvalue weighted by Gasteiger charge is -2.09. The SMILES string of the molecule is CCc1ccc(NC(=O)c2oc3ccccc3c2NC(=O)c2cccc(OC)c2)cc1. The Kier molecular flexibility index (Phi) is 5.71. The van der Waals surface area contributed by atoms with Gasteiger partial charge < -0.3 is 19.8 Å². The first-order valence-electron chi connectivity index (χ1n) is 9.96. The fraction of sp³-hybridized carbons (Fsp3) is 0.120. The van der Waals surface area contributed by atoms with Crippen LogP contribution in [0.5, 0.6) is 5.75 Å². The van der Waals surface area contributed by atoms with Crippen LogP contribution >= 0.6 is 0 Å². The number of rotatable bonds is 6. The second-order valence-corrected chi connectivity index (χ2v) is 6.99. The zero-order valence-electron chi connectivity index (χ0n) is 17.3. The quantitative estimate of drug-likeness (QED) is 0.436. The predicted octanol–water partition coefficient (Wildman–Crippen LogP) is 5.51. The van der Waals surface area contributed by atoms with Crippen LogP contribution in [-0.4, -0.2) is 18.9 Å². The number of aryl methyl sites for hydroxylation is 1. The minimum atomic E-state index is -0.443. The van der Waals surface area contributed by atoms with Crippen LogP contribution in [0, 0.1) is 0 Å². The van der Waals surface area contributed by atoms with Gasteiger partial charge in [-0.05, 0) is 54.4 Å². The molecule has 1 aromatic heterocycles. The molecule has 0 saturated heterocycles. The fourth-order valence-corrected chi connectivity index (χ4v) is 3.29. The summed E-state index contributed by atoms with van der Waals surface area (Å²) in [5.74, 6) is -0.205. The Bertz CT molecular complexity index is 1240. The Labute approximate surface area is 179 Å². The molecule has 1 heterocycles. The average Bonchev–Trinajstić information content (AvgIpc) is 3.18. The Balaban J connectivity index is 1.66. The van der Waals surface area contributed by atoms with Crippen molar-refractivity contribution in [1.29, 1.82) is 0 Å². The normalized spacial score (nSPS) is 10.6. The van der Waals surface area contributed by atoms with Crippen molar-refractivity contribution in [1.82, 2.24) is 0 Å². The van der Waals surface area contributed by atoms with Crippen LogP contribution in [0.3, 0.4) is 0 Å². The molecule has 0 atom stereocenters. The van der Waals surface area contributed by atoms with Crippen molar-refractivity contribution in [3.63, 3.8) is 0 Å². The van der Waals surface area contributed by atoms with E-state index in [1.54, 1.807) is 36.4 Å². The molecule has 6 nitrogen and oxygen atoms in total. The summed E-state index contributed by atoms with van der Waals surface area (Å²) < 4.78 is 11.0. The lowest BCUT2D eigenvalue weighted by molar-refractivity contribution is 0.0999. The summed E-state index contributed by atoms with van der Waals surface area (Å²) in [6.45, 7) is 2.07. The van der Waals surface area contributed by atoms with Crippen molar-refractivity contribution < 1.29 is 18.7 Å². The molecule has 0 unspecified atom stereocenters. The van der Waals surface area contributed by atoms with Gasteiger partial charge in [0.15, 0.2) is 0 Å². The molecular formula is C25H22N2O4. The molecular weight excluding hydrogens is 392 g/mol. The Morgan fingerprint density at radius 3 is 2.42 bits per heavy atom. The van der Waals surface area contributed by atoms with E-state index in [9.17, 15) is 9.59 Å². The average molecular weight is 414 g/mol. The number of benzene rings is 3. The number of hydrogen-bond donors (Lipinski definition) is 2. The van der Waals surface area contributed by atoms with Crippen molar-refractivity contribution in [3.05, 3.63) is 89.7 Å². The van der Waals surface area contributed by atoms with Gasteiger partial charge >= 0.3 is 0 Å². The van der Waals surface area contributed by atoms with E-state index < -0.39 is 5.91 Å². The summed E-state index contributed by atoms with van der Waals surface area (Å²) in [7, 11) is 1.54. The number of carbonyl (C=O) groups is 2. The van der Waals surface area contributed by atoms with E-state index in [0.29, 0.717) is 33.7 Å². The maximum absolute atomic E-state index is 13.0. The van der Waals surface area contributed by atoms with Crippen molar-refractivity contribution in [2.45, 2.75) is 13.3 Å². The number of fused-ring (bicyclic) bond motifs is 1. The minimum Gasteiger partial charge on any atom is -0.497 e. The molecule has 31 heavy (non-hydrogen) atoms. The molecule has 6 heteroatoms. The molecule has 0 radical (unpaired) electrons. The number of para-hydroxylation sites is 1. The minimum absolute atomic E-state index is 0.0389. The molecule has 4 aromatic rings. The molecule has 0 spiro atoms. The van der Waals surface area contributed by atoms with Crippen molar-refractivity contribution >= 4 is 34.2 Å². The number of furan rings is 1. The summed E-state index contributed by atoms with van der Waals surface area (Å²) in [6.07, 6.45) is 0.915. The summed E-state index contributed by atoms with van der Waals surface area (Å²) in [4.78, 5) is 25.9. The van der Waals surface area contributed by atoms with E-state index >= 15 is 0 Å². The summed E-state index contributed by atoms with van der Waals surface area (Å²) >= 11 is 0. The highest BCUT2D eigenvalue weighted by Gasteiger charge is 2.23. The molecule has 0 aliphatic heterocycles. The third-order valence-electron chi connectivity index (χ3n) is 4.99. The number of methoxy groups -OCH3 is 1. The van der Waals surface area contributed by atoms with E-state index in [4.69, 9.17) is 9.15 Å². The molecule has 0 aliphatic rings. The maximum Gasteiger partial charge on any atom is 0.293 e. The predicted molar refractivity (Wildman–Crippen MR) is 121 cm³/mol. The Morgan fingerprint density at radius 1 is 0.903 bits per heavy atom. The lowest BCUT2D eigenvalue weighted by Crippen LogP contribution is -2.17. The number of nitrogens with one attached hydrogen (secondary N) is 2. The number of amides is 2. The highest BCUT2D eigenvalue weighted by molar-refractivity contribution is 6.16. The maximum atomic E-state index is 13.0. The molecule has 0 aliphatic carbocycles. The first-order chi connectivity index (χ1) is 15.1. The zero-order chi connectivity index (χ0) is 21.8. The molecule has 4 rings (SSSR count). The Morgan fingerprint density at radius 2 is 1.68 bits per heavy atom. The first-order valence-corrected chi connectivity index (χ1v) is 9.96. The highest BCUT2D eigenvalue weighted by Crippen LogP contribution is 2.32. The van der Waals surface area contributed by atoms with Gasteiger partial charge in [-0.25, -0.2) is 0 Å². The van der Waals surface area contributed by atoms with Gasteiger partial charge in [-0.2, -0.15) is 0 Å². The van der Waals surface area contributed by atoms with E-state index in [1.807, 2.05) is 36.4 Å². The van der Waals surface area contributed by atoms with Gasteiger partial charge in [0.05, 0.1) is 7.11 Å². The highest BCUT2D eigenvalue weighted by atomic mass is 16.5. The molecule has 0 bridgehead atoms. The fourth-order valence-electron chi connectivity index (χ4n) is 3.29. The lowest BCUT2D eigenvalue weighted by atomic mass is 10.1. The number of hydrogen-bond acceptors (Lipinski definition) is 4. The van der Waals surface area contributed by atoms with Crippen molar-refractivity contribution in [2.24, 2.45) is 0 Å². The van der Waals surface area contributed by atoms with Crippen molar-refractivity contribution in [3.8, 4) is 5.75 Å². The van der Waals surface area contributed by atoms with Gasteiger partial charge in [0, 0.05) is 16.6 Å². The number of ether oxygens (including phenoxy) is 1. The van der Waals surface area contributed by atoms with Gasteiger partial charge in [0.25, 0.3) is 11.8 Å². The van der Waals surface area contributed by atoms with Gasteiger partial charge in [0.1, 0.15) is 17.0 Å². The molecule has 2 amide bonds. The van der Waals surface area contributed by atoms with Gasteiger partial charge in [-0.15, -0.1) is 0 Å². The summed E-state index contributed by atoms with van der Waals surface area (Å²) in [5, 5.41) is 6.32. The Hall–Kier alpha value is -4.06. The molecule has 0 saturated carbocycles. The van der Waals surface area contributed by atoms with E-state index in [-0.39, 0.29) is 11.7 Å². The largest absolute Gasteiger partial charge is 0.497 e. The molecule has 0 fully saturated rings. The summed E-state index contributed by atoms with van der Waals surface area (Å²) in [6, 6.07) is 21.6. The van der Waals surface area contributed by atoms with E-state index in [2.05, 4.69) is 17.6 Å². The van der Waals surface area contributed by atoms with Crippen LogP contribution in [-0.2, 0) is 6.42 Å². The van der Waals surface area contributed by atoms with Crippen LogP contribution in [0.2, 0.25) is 0 Å². The monoisotopic (exact) mass is 414 g/mol. The number of anilines is 2. The second-order valence-electron chi connectivity index (χ2n) is 6.99. The van der Waals surface area contributed by atoms with Gasteiger partial charge in [0.2, 0.25) is 5.76 Å². The van der Waals surface area contributed by atoms with Gasteiger partial charge in [-0.1, -0.05) is 37.3 Å². The van der Waals surface area contributed by atoms with Crippen LogP contribution in [0.15, 0.2) is 77.2 Å². The van der Waals surface area contributed by atoms with Crippen LogP contribution in [0.1, 0.15) is 33.4 Å². The first kappa shape index (κ1) is 20.2. The van der Waals surface area contributed by atoms with Crippen LogP contribution in [0.25, 0.3) is 11.0 Å². The summed E-state index contributed by atoms with van der Waals surface area (Å²) in [5.41, 5.74) is 3.06. The van der Waals surface area contributed by atoms with E-state index in [1.165, 1.54) is 12.7 Å². The van der Waals surface area contributed by atoms with Crippen LogP contribution in [0.4, 0.5) is 11.4 Å². The smallest absolute Gasteiger partial charge is 0.293 e. The number of carbonyl (C=O) groups excluding carboxylic acids is 2. The molecule has 2 N–H and O–H groups in total. The van der Waals surface area contributed by atoms with Gasteiger partial charge in [-0.3, -0.25) is 9.59 Å². The molecule has 3 aromatic carbocycles. The third kappa shape index (κ3) is 4.28. The van der Waals surface area contributed by atoms with E-state index in [0.717, 1.165) is 6.42 Å². The van der Waals surface area contributed by atoms with Crippen LogP contribution < -0.4 is 15.4 Å². The standard InChI is InChI=1S/C25H22N2O4/c1-3-16-11-13-18(14-12-16)26-25(29)23-22(20-9-4-5-10-21(20)31-23)27-24(28)17-7-6-8-19(15-17)30-2/h4-15H,3H2,1-2H3,(H,26,29)(H,27,28). The molecule has 156 valence electrons.